The zero-order valence-electron chi connectivity index (χ0n) is 11.7. The van der Waals surface area contributed by atoms with Gasteiger partial charge in [0.25, 0.3) is 11.8 Å². The predicted octanol–water partition coefficient (Wildman–Crippen LogP) is 1.16. The summed E-state index contributed by atoms with van der Waals surface area (Å²) in [4.78, 5) is 47.5. The first-order chi connectivity index (χ1) is 9.78. The van der Waals surface area contributed by atoms with Crippen LogP contribution in [0.25, 0.3) is 0 Å². The summed E-state index contributed by atoms with van der Waals surface area (Å²) in [6.07, 6.45) is 0. The molecule has 0 aliphatic heterocycles. The molecule has 1 N–H and O–H groups in total. The van der Waals surface area contributed by atoms with Crippen molar-refractivity contribution >= 4 is 40.3 Å². The van der Waals surface area contributed by atoms with E-state index in [2.05, 4.69) is 33.1 Å². The van der Waals surface area contributed by atoms with Gasteiger partial charge in [-0.05, 0) is 53.8 Å². The van der Waals surface area contributed by atoms with Gasteiger partial charge in [-0.1, -0.05) is 0 Å². The van der Waals surface area contributed by atoms with Gasteiger partial charge in [0.15, 0.2) is 0 Å². The third-order valence-corrected chi connectivity index (χ3v) is 3.95. The van der Waals surface area contributed by atoms with Gasteiger partial charge in [-0.3, -0.25) is 14.4 Å². The van der Waals surface area contributed by atoms with Gasteiger partial charge < -0.3 is 10.2 Å². The predicted molar refractivity (Wildman–Crippen MR) is 84.5 cm³/mol. The second-order valence-corrected chi connectivity index (χ2v) is 5.66. The van der Waals surface area contributed by atoms with Crippen LogP contribution in [0.4, 0.5) is 0 Å². The van der Waals surface area contributed by atoms with Crippen molar-refractivity contribution in [2.45, 2.75) is 12.5 Å². The fourth-order valence-corrected chi connectivity index (χ4v) is 2.07. The van der Waals surface area contributed by atoms with E-state index in [1.807, 2.05) is 0 Å². The topological polar surface area (TPSA) is 95.9 Å². The summed E-state index contributed by atoms with van der Waals surface area (Å²) in [7, 11) is 2.58. The molecule has 21 heavy (non-hydrogen) atoms. The van der Waals surface area contributed by atoms with Crippen molar-refractivity contribution in [1.82, 2.24) is 10.2 Å². The normalized spacial score (nSPS) is 13.0. The molecule has 0 fully saturated rings. The molecule has 0 bridgehead atoms. The summed E-state index contributed by atoms with van der Waals surface area (Å²) < 4.78 is 0.937. The quantitative estimate of drug-likeness (QED) is 0.464. The Balaban J connectivity index is 3.22. The van der Waals surface area contributed by atoms with Gasteiger partial charge in [0.1, 0.15) is 0 Å². The Morgan fingerprint density at radius 1 is 1.24 bits per heavy atom. The highest BCUT2D eigenvalue weighted by atomic mass is 127. The van der Waals surface area contributed by atoms with Crippen molar-refractivity contribution in [2.24, 2.45) is 5.18 Å². The molecule has 3 amide bonds. The average Bonchev–Trinajstić information content (AvgIpc) is 2.51. The molecular weight excluding hydrogens is 389 g/mol. The minimum absolute atomic E-state index is 0.298. The molecule has 8 heteroatoms. The fraction of sp³-hybridized carbons (Fsp3) is 0.308. The van der Waals surface area contributed by atoms with E-state index in [0.717, 1.165) is 8.47 Å². The van der Waals surface area contributed by atoms with E-state index in [-0.39, 0.29) is 0 Å². The number of nitroso groups, excluding NO2 is 1. The van der Waals surface area contributed by atoms with E-state index in [1.165, 1.54) is 21.0 Å². The van der Waals surface area contributed by atoms with Gasteiger partial charge in [-0.25, -0.2) is 0 Å². The maximum atomic E-state index is 12.4. The highest BCUT2D eigenvalue weighted by Gasteiger charge is 2.48. The molecule has 0 spiro atoms. The summed E-state index contributed by atoms with van der Waals surface area (Å²) in [5, 5.41) is 4.56. The molecule has 0 heterocycles. The van der Waals surface area contributed by atoms with Gasteiger partial charge >= 0.3 is 5.91 Å². The zero-order valence-corrected chi connectivity index (χ0v) is 13.9. The lowest BCUT2D eigenvalue weighted by Gasteiger charge is -2.33. The molecule has 1 unspecified atom stereocenters. The Kier molecular flexibility index (Phi) is 5.53. The molecule has 0 aliphatic carbocycles. The Bertz CT molecular complexity index is 588. The number of amides is 3. The van der Waals surface area contributed by atoms with Crippen LogP contribution >= 0.6 is 22.6 Å². The van der Waals surface area contributed by atoms with Crippen molar-refractivity contribution < 1.29 is 14.4 Å². The lowest BCUT2D eigenvalue weighted by atomic mass is 9.97. The van der Waals surface area contributed by atoms with Crippen LogP contribution in [0.2, 0.25) is 0 Å². The Morgan fingerprint density at radius 3 is 2.19 bits per heavy atom. The highest BCUT2D eigenvalue weighted by Crippen LogP contribution is 2.19. The molecule has 1 rings (SSSR count). The summed E-state index contributed by atoms with van der Waals surface area (Å²) in [5.41, 5.74) is -1.69. The number of rotatable bonds is 4. The monoisotopic (exact) mass is 403 g/mol. The molecule has 1 atom stereocenters. The lowest BCUT2D eigenvalue weighted by molar-refractivity contribution is -0.140. The molecule has 7 nitrogen and oxygen atoms in total. The Labute approximate surface area is 135 Å². The number of hydrogen-bond donors (Lipinski definition) is 1. The van der Waals surface area contributed by atoms with E-state index < -0.39 is 23.3 Å². The number of hydrogen-bond acceptors (Lipinski definition) is 4. The average molecular weight is 403 g/mol. The van der Waals surface area contributed by atoms with E-state index in [0.29, 0.717) is 5.56 Å². The van der Waals surface area contributed by atoms with Crippen LogP contribution in [0.15, 0.2) is 29.4 Å². The maximum absolute atomic E-state index is 12.4. The van der Waals surface area contributed by atoms with Gasteiger partial charge in [0, 0.05) is 28.4 Å². The minimum Gasteiger partial charge on any atom is -0.357 e. The van der Waals surface area contributed by atoms with Crippen LogP contribution in [0, 0.1) is 8.48 Å². The molecule has 0 saturated carbocycles. The van der Waals surface area contributed by atoms with E-state index in [9.17, 15) is 19.3 Å². The van der Waals surface area contributed by atoms with Crippen LogP contribution in [-0.2, 0) is 9.59 Å². The third kappa shape index (κ3) is 3.26. The number of halogens is 1. The first-order valence-electron chi connectivity index (χ1n) is 5.92. The number of likely N-dealkylation sites (N-methyl/N-ethyl adjacent to an activating group) is 2. The van der Waals surface area contributed by atoms with Gasteiger partial charge in [-0.15, -0.1) is 4.91 Å². The molecule has 0 aromatic heterocycles. The minimum atomic E-state index is -1.99. The number of nitrogens with zero attached hydrogens (tertiary/aromatic N) is 2. The molecular formula is C13H14IN3O4. The standard InChI is InChI=1S/C13H14IN3O4/c1-13(11(19)15-2,12(20)16-21)17(3)10(18)8-4-6-9(14)7-5-8/h4-7H,1-3H3,(H,15,19). The molecule has 112 valence electrons. The Morgan fingerprint density at radius 2 is 1.76 bits per heavy atom. The van der Waals surface area contributed by atoms with Crippen LogP contribution in [0.5, 0.6) is 0 Å². The van der Waals surface area contributed by atoms with Crippen molar-refractivity contribution in [3.05, 3.63) is 38.3 Å². The van der Waals surface area contributed by atoms with E-state index in [4.69, 9.17) is 0 Å². The van der Waals surface area contributed by atoms with Crippen LogP contribution in [0.3, 0.4) is 0 Å². The zero-order chi connectivity index (χ0) is 16.2. The summed E-state index contributed by atoms with van der Waals surface area (Å²) >= 11 is 2.09. The van der Waals surface area contributed by atoms with Gasteiger partial charge in [0.2, 0.25) is 5.54 Å². The van der Waals surface area contributed by atoms with E-state index >= 15 is 0 Å². The lowest BCUT2D eigenvalue weighted by Crippen LogP contribution is -2.61. The van der Waals surface area contributed by atoms with Crippen molar-refractivity contribution in [1.29, 1.82) is 0 Å². The third-order valence-electron chi connectivity index (χ3n) is 3.24. The number of carbonyl (C=O) groups is 3. The largest absolute Gasteiger partial charge is 0.357 e. The van der Waals surface area contributed by atoms with E-state index in [1.54, 1.807) is 24.3 Å². The summed E-state index contributed by atoms with van der Waals surface area (Å²) in [6, 6.07) is 6.59. The van der Waals surface area contributed by atoms with Gasteiger partial charge in [-0.2, -0.15) is 0 Å². The molecule has 1 aromatic rings. The highest BCUT2D eigenvalue weighted by molar-refractivity contribution is 14.1. The van der Waals surface area contributed by atoms with Crippen molar-refractivity contribution in [2.75, 3.05) is 14.1 Å². The smallest absolute Gasteiger partial charge is 0.321 e. The first-order valence-corrected chi connectivity index (χ1v) is 7.00. The maximum Gasteiger partial charge on any atom is 0.321 e. The number of carbonyl (C=O) groups excluding carboxylic acids is 3. The fourth-order valence-electron chi connectivity index (χ4n) is 1.71. The molecule has 1 aromatic carbocycles. The van der Waals surface area contributed by atoms with Crippen molar-refractivity contribution in [3.63, 3.8) is 0 Å². The number of nitrogens with one attached hydrogen (secondary N) is 1. The van der Waals surface area contributed by atoms with Crippen LogP contribution < -0.4 is 5.32 Å². The number of benzene rings is 1. The molecule has 0 aliphatic rings. The molecule has 0 saturated heterocycles. The summed E-state index contributed by atoms with van der Waals surface area (Å²) in [6.45, 7) is 1.18. The van der Waals surface area contributed by atoms with Gasteiger partial charge in [0.05, 0.1) is 0 Å². The SMILES string of the molecule is CNC(=O)C(C)(C(=O)N=O)N(C)C(=O)c1ccc(I)cc1. The first kappa shape index (κ1) is 17.2. The molecule has 0 radical (unpaired) electrons. The summed E-state index contributed by atoms with van der Waals surface area (Å²) in [5.74, 6) is -2.58. The van der Waals surface area contributed by atoms with Crippen molar-refractivity contribution in [3.8, 4) is 0 Å². The van der Waals surface area contributed by atoms with Crippen LogP contribution in [-0.4, -0.2) is 42.3 Å². The Hall–Kier alpha value is -1.84. The second kappa shape index (κ2) is 6.74. The second-order valence-electron chi connectivity index (χ2n) is 4.42. The van der Waals surface area contributed by atoms with Crippen LogP contribution in [0.1, 0.15) is 17.3 Å².